The Labute approximate surface area is 104 Å². The molecule has 1 saturated heterocycles. The Balaban J connectivity index is 2.07. The highest BCUT2D eigenvalue weighted by Crippen LogP contribution is 2.38. The lowest BCUT2D eigenvalue weighted by molar-refractivity contribution is -0.00976. The van der Waals surface area contributed by atoms with Gasteiger partial charge in [-0.05, 0) is 23.8 Å². The molecule has 2 atom stereocenters. The molecule has 2 aliphatic heterocycles. The van der Waals surface area contributed by atoms with Crippen molar-refractivity contribution in [1.29, 1.82) is 0 Å². The second-order valence-corrected chi connectivity index (χ2v) is 4.32. The molecule has 18 heavy (non-hydrogen) atoms. The zero-order chi connectivity index (χ0) is 12.7. The van der Waals surface area contributed by atoms with Crippen LogP contribution >= 0.6 is 0 Å². The quantitative estimate of drug-likeness (QED) is 0.704. The van der Waals surface area contributed by atoms with E-state index in [-0.39, 0.29) is 18.2 Å². The molecule has 0 aromatic heterocycles. The first-order chi connectivity index (χ1) is 8.70. The smallest absolute Gasteiger partial charge is 0.338 e. The fourth-order valence-corrected chi connectivity index (χ4v) is 2.41. The second kappa shape index (κ2) is 4.10. The van der Waals surface area contributed by atoms with Crippen LogP contribution in [0.15, 0.2) is 18.2 Å². The van der Waals surface area contributed by atoms with E-state index < -0.39 is 5.97 Å². The van der Waals surface area contributed by atoms with Crippen LogP contribution in [0.25, 0.3) is 0 Å². The molecule has 3 rings (SSSR count). The summed E-state index contributed by atoms with van der Waals surface area (Å²) in [6, 6.07) is 4.80. The van der Waals surface area contributed by atoms with E-state index in [0.717, 1.165) is 5.56 Å². The molecule has 2 heterocycles. The van der Waals surface area contributed by atoms with E-state index in [1.807, 2.05) is 0 Å². The molecule has 0 spiro atoms. The minimum Gasteiger partial charge on any atom is -0.465 e. The third-order valence-electron chi connectivity index (χ3n) is 3.29. The van der Waals surface area contributed by atoms with E-state index in [2.05, 4.69) is 4.74 Å². The molecule has 1 aromatic rings. The molecule has 1 fully saturated rings. The van der Waals surface area contributed by atoms with Crippen molar-refractivity contribution in [2.45, 2.75) is 18.6 Å². The normalized spacial score (nSPS) is 25.1. The van der Waals surface area contributed by atoms with E-state index >= 15 is 0 Å². The molecule has 0 bridgehead atoms. The lowest BCUT2D eigenvalue weighted by Gasteiger charge is -2.26. The largest absolute Gasteiger partial charge is 0.465 e. The van der Waals surface area contributed by atoms with Gasteiger partial charge >= 0.3 is 11.9 Å². The SMILES string of the molecule is COC(=O)c1ccc2c(c1)[C@@H]1OCC[C@@H]1OC2=O. The minimum absolute atomic E-state index is 0.238. The maximum atomic E-state index is 11.8. The Hall–Kier alpha value is -1.88. The standard InChI is InChI=1S/C13H12O5/c1-16-12(14)7-2-3-8-9(6-7)11-10(4-5-17-11)18-13(8)15/h2-3,6,10-11H,4-5H2,1H3/t10-,11-/m0/s1. The van der Waals surface area contributed by atoms with Crippen LogP contribution < -0.4 is 0 Å². The summed E-state index contributed by atoms with van der Waals surface area (Å²) in [6.07, 6.45) is 0.193. The van der Waals surface area contributed by atoms with Crippen molar-refractivity contribution in [2.75, 3.05) is 13.7 Å². The van der Waals surface area contributed by atoms with E-state index in [0.29, 0.717) is 24.2 Å². The Bertz CT molecular complexity index is 522. The second-order valence-electron chi connectivity index (χ2n) is 4.32. The first-order valence-electron chi connectivity index (χ1n) is 5.75. The van der Waals surface area contributed by atoms with Gasteiger partial charge < -0.3 is 14.2 Å². The van der Waals surface area contributed by atoms with E-state index in [1.165, 1.54) is 7.11 Å². The molecule has 0 saturated carbocycles. The van der Waals surface area contributed by atoms with Crippen molar-refractivity contribution in [2.24, 2.45) is 0 Å². The summed E-state index contributed by atoms with van der Waals surface area (Å²) in [6.45, 7) is 0.560. The number of carbonyl (C=O) groups is 2. The number of carbonyl (C=O) groups excluding carboxylic acids is 2. The number of hydrogen-bond acceptors (Lipinski definition) is 5. The van der Waals surface area contributed by atoms with Crippen molar-refractivity contribution in [3.05, 3.63) is 34.9 Å². The number of fused-ring (bicyclic) bond motifs is 3. The molecule has 5 nitrogen and oxygen atoms in total. The molecule has 0 radical (unpaired) electrons. The maximum Gasteiger partial charge on any atom is 0.338 e. The van der Waals surface area contributed by atoms with Gasteiger partial charge in [0.25, 0.3) is 0 Å². The third kappa shape index (κ3) is 1.59. The lowest BCUT2D eigenvalue weighted by Crippen LogP contribution is -2.29. The maximum absolute atomic E-state index is 11.8. The molecular weight excluding hydrogens is 236 g/mol. The topological polar surface area (TPSA) is 61.8 Å². The Morgan fingerprint density at radius 2 is 2.28 bits per heavy atom. The van der Waals surface area contributed by atoms with Crippen LogP contribution in [0.2, 0.25) is 0 Å². The summed E-state index contributed by atoms with van der Waals surface area (Å²) in [4.78, 5) is 23.3. The summed E-state index contributed by atoms with van der Waals surface area (Å²) >= 11 is 0. The van der Waals surface area contributed by atoms with Crippen LogP contribution in [-0.4, -0.2) is 31.8 Å². The number of ether oxygens (including phenoxy) is 3. The van der Waals surface area contributed by atoms with Gasteiger partial charge in [-0.3, -0.25) is 0 Å². The molecule has 94 valence electrons. The summed E-state index contributed by atoms with van der Waals surface area (Å²) < 4.78 is 15.5. The minimum atomic E-state index is -0.425. The van der Waals surface area contributed by atoms with E-state index in [9.17, 15) is 9.59 Å². The van der Waals surface area contributed by atoms with Crippen LogP contribution in [0.4, 0.5) is 0 Å². The first-order valence-corrected chi connectivity index (χ1v) is 5.75. The summed E-state index contributed by atoms with van der Waals surface area (Å²) in [7, 11) is 1.32. The molecule has 5 heteroatoms. The molecule has 2 aliphatic rings. The van der Waals surface area contributed by atoms with Crippen molar-refractivity contribution >= 4 is 11.9 Å². The van der Waals surface area contributed by atoms with Crippen molar-refractivity contribution in [1.82, 2.24) is 0 Å². The Kier molecular flexibility index (Phi) is 2.56. The highest BCUT2D eigenvalue weighted by atomic mass is 16.6. The van der Waals surface area contributed by atoms with E-state index in [1.54, 1.807) is 18.2 Å². The zero-order valence-corrected chi connectivity index (χ0v) is 9.84. The Morgan fingerprint density at radius 3 is 3.06 bits per heavy atom. The highest BCUT2D eigenvalue weighted by Gasteiger charge is 2.40. The van der Waals surface area contributed by atoms with Crippen LogP contribution in [0.1, 0.15) is 38.8 Å². The van der Waals surface area contributed by atoms with Crippen molar-refractivity contribution in [3.63, 3.8) is 0 Å². The average molecular weight is 248 g/mol. The van der Waals surface area contributed by atoms with Gasteiger partial charge in [-0.2, -0.15) is 0 Å². The molecule has 0 amide bonds. The number of methoxy groups -OCH3 is 1. The van der Waals surface area contributed by atoms with Gasteiger partial charge in [0.05, 0.1) is 24.8 Å². The molecule has 0 aliphatic carbocycles. The lowest BCUT2D eigenvalue weighted by atomic mass is 9.94. The van der Waals surface area contributed by atoms with Crippen molar-refractivity contribution < 1.29 is 23.8 Å². The van der Waals surface area contributed by atoms with Gasteiger partial charge in [-0.1, -0.05) is 0 Å². The highest BCUT2D eigenvalue weighted by molar-refractivity contribution is 5.95. The van der Waals surface area contributed by atoms with Crippen LogP contribution in [0.5, 0.6) is 0 Å². The van der Waals surface area contributed by atoms with Gasteiger partial charge in [-0.25, -0.2) is 9.59 Å². The van der Waals surface area contributed by atoms with E-state index in [4.69, 9.17) is 9.47 Å². The average Bonchev–Trinajstić information content (AvgIpc) is 2.85. The molecule has 0 unspecified atom stereocenters. The van der Waals surface area contributed by atoms with Gasteiger partial charge in [-0.15, -0.1) is 0 Å². The predicted molar refractivity (Wildman–Crippen MR) is 60.3 cm³/mol. The van der Waals surface area contributed by atoms with Gasteiger partial charge in [0.15, 0.2) is 0 Å². The van der Waals surface area contributed by atoms with Gasteiger partial charge in [0.1, 0.15) is 12.2 Å². The number of benzene rings is 1. The number of esters is 2. The molecular formula is C13H12O5. The molecule has 1 aromatic carbocycles. The third-order valence-corrected chi connectivity index (χ3v) is 3.29. The van der Waals surface area contributed by atoms with Gasteiger partial charge in [0, 0.05) is 6.42 Å². The summed E-state index contributed by atoms with van der Waals surface area (Å²) in [5, 5.41) is 0. The zero-order valence-electron chi connectivity index (χ0n) is 9.84. The summed E-state index contributed by atoms with van der Waals surface area (Å²) in [5.41, 5.74) is 1.60. The van der Waals surface area contributed by atoms with Gasteiger partial charge in [0.2, 0.25) is 0 Å². The first kappa shape index (κ1) is 11.2. The fourth-order valence-electron chi connectivity index (χ4n) is 2.41. The van der Waals surface area contributed by atoms with Crippen molar-refractivity contribution in [3.8, 4) is 0 Å². The monoisotopic (exact) mass is 248 g/mol. The summed E-state index contributed by atoms with van der Waals surface area (Å²) in [5.74, 6) is -0.778. The van der Waals surface area contributed by atoms with Crippen LogP contribution in [0, 0.1) is 0 Å². The fraction of sp³-hybridized carbons (Fsp3) is 0.385. The Morgan fingerprint density at radius 1 is 1.44 bits per heavy atom. The van der Waals surface area contributed by atoms with Crippen LogP contribution in [0.3, 0.4) is 0 Å². The number of hydrogen-bond donors (Lipinski definition) is 0. The van der Waals surface area contributed by atoms with Crippen LogP contribution in [-0.2, 0) is 14.2 Å². The number of rotatable bonds is 1. The molecule has 0 N–H and O–H groups in total. The predicted octanol–water partition coefficient (Wildman–Crippen LogP) is 1.47.